The molecule has 0 spiro atoms. The van der Waals surface area contributed by atoms with Gasteiger partial charge < -0.3 is 15.4 Å². The number of benzene rings is 1. The Morgan fingerprint density at radius 3 is 2.81 bits per heavy atom. The lowest BCUT2D eigenvalue weighted by Crippen LogP contribution is -2.35. The van der Waals surface area contributed by atoms with E-state index >= 15 is 0 Å². The van der Waals surface area contributed by atoms with E-state index in [1.165, 1.54) is 6.07 Å². The lowest BCUT2D eigenvalue weighted by atomic mass is 9.90. The summed E-state index contributed by atoms with van der Waals surface area (Å²) >= 11 is 0. The van der Waals surface area contributed by atoms with Gasteiger partial charge in [0.15, 0.2) is 11.6 Å². The Balaban J connectivity index is 0.00000220. The molecule has 1 heterocycles. The summed E-state index contributed by atoms with van der Waals surface area (Å²) in [5.74, 6) is -0.177. The third kappa shape index (κ3) is 4.58. The van der Waals surface area contributed by atoms with Gasteiger partial charge in [-0.2, -0.15) is 0 Å². The largest absolute Gasteiger partial charge is 0.490 e. The Labute approximate surface area is 130 Å². The van der Waals surface area contributed by atoms with Gasteiger partial charge in [-0.3, -0.25) is 4.79 Å². The summed E-state index contributed by atoms with van der Waals surface area (Å²) < 4.78 is 18.6. The van der Waals surface area contributed by atoms with Gasteiger partial charge in [-0.05, 0) is 30.5 Å². The van der Waals surface area contributed by atoms with Crippen LogP contribution in [-0.4, -0.2) is 37.0 Å². The van der Waals surface area contributed by atoms with E-state index in [2.05, 4.69) is 6.92 Å². The zero-order valence-corrected chi connectivity index (χ0v) is 13.0. The molecule has 6 heteroatoms. The molecule has 4 nitrogen and oxygen atoms in total. The van der Waals surface area contributed by atoms with E-state index in [0.29, 0.717) is 13.1 Å². The lowest BCUT2D eigenvalue weighted by Gasteiger charge is -2.22. The summed E-state index contributed by atoms with van der Waals surface area (Å²) in [4.78, 5) is 13.9. The summed E-state index contributed by atoms with van der Waals surface area (Å²) in [5.41, 5.74) is 5.75. The molecule has 0 saturated carbocycles. The Hall–Kier alpha value is -1.33. The lowest BCUT2D eigenvalue weighted by molar-refractivity contribution is -0.131. The molecule has 1 aliphatic heterocycles. The minimum atomic E-state index is -0.406. The maximum atomic E-state index is 13.3. The second-order valence-electron chi connectivity index (χ2n) is 5.61. The average molecular weight is 317 g/mol. The highest BCUT2D eigenvalue weighted by atomic mass is 35.5. The second kappa shape index (κ2) is 7.61. The van der Waals surface area contributed by atoms with Crippen molar-refractivity contribution in [1.29, 1.82) is 0 Å². The van der Waals surface area contributed by atoms with Gasteiger partial charge in [0.25, 0.3) is 0 Å². The number of likely N-dealkylation sites (tertiary alicyclic amines) is 1. The van der Waals surface area contributed by atoms with Crippen LogP contribution < -0.4 is 10.5 Å². The molecule has 118 valence electrons. The molecule has 1 aromatic rings. The van der Waals surface area contributed by atoms with E-state index < -0.39 is 5.82 Å². The number of ether oxygens (including phenoxy) is 1. The molecule has 1 fully saturated rings. The topological polar surface area (TPSA) is 55.6 Å². The van der Waals surface area contributed by atoms with Gasteiger partial charge in [-0.1, -0.05) is 19.1 Å². The first-order valence-electron chi connectivity index (χ1n) is 6.89. The summed E-state index contributed by atoms with van der Waals surface area (Å²) in [6, 6.07) is 6.20. The van der Waals surface area contributed by atoms with Crippen LogP contribution in [0.2, 0.25) is 0 Å². The third-order valence-electron chi connectivity index (χ3n) is 3.81. The van der Waals surface area contributed by atoms with E-state index in [9.17, 15) is 9.18 Å². The molecule has 0 aliphatic carbocycles. The minimum absolute atomic E-state index is 0. The Kier molecular flexibility index (Phi) is 6.42. The van der Waals surface area contributed by atoms with Crippen molar-refractivity contribution in [1.82, 2.24) is 4.90 Å². The highest BCUT2D eigenvalue weighted by Crippen LogP contribution is 2.28. The molecule has 1 amide bonds. The van der Waals surface area contributed by atoms with Gasteiger partial charge in [-0.25, -0.2) is 4.39 Å². The highest BCUT2D eigenvalue weighted by Gasteiger charge is 2.34. The molecular weight excluding hydrogens is 295 g/mol. The highest BCUT2D eigenvalue weighted by molar-refractivity contribution is 5.85. The molecule has 2 N–H and O–H groups in total. The summed E-state index contributed by atoms with van der Waals surface area (Å²) in [6.45, 7) is 4.31. The number of nitrogens with zero attached hydrogens (tertiary/aromatic N) is 1. The maximum absolute atomic E-state index is 13.3. The maximum Gasteiger partial charge on any atom is 0.226 e. The van der Waals surface area contributed by atoms with Crippen LogP contribution in [0.3, 0.4) is 0 Å². The van der Waals surface area contributed by atoms with Crippen LogP contribution in [0.5, 0.6) is 5.75 Å². The molecule has 1 aliphatic rings. The average Bonchev–Trinajstić information content (AvgIpc) is 2.84. The number of rotatable bonds is 5. The fourth-order valence-corrected chi connectivity index (χ4v) is 2.37. The summed E-state index contributed by atoms with van der Waals surface area (Å²) in [5, 5.41) is 0. The standard InChI is InChI=1S/C15H21FN2O2.ClH/c1-15(10-17)7-8-18(11-15)14(19)6-9-20-13-5-3-2-4-12(13)16;/h2-5H,6-11,17H2,1H3;1H. The molecular formula is C15H22ClFN2O2. The molecule has 21 heavy (non-hydrogen) atoms. The number of carbonyl (C=O) groups excluding carboxylic acids is 1. The number of para-hydroxylation sites is 1. The van der Waals surface area contributed by atoms with Crippen molar-refractivity contribution in [3.63, 3.8) is 0 Å². The van der Waals surface area contributed by atoms with Crippen LogP contribution in [0.4, 0.5) is 4.39 Å². The second-order valence-corrected chi connectivity index (χ2v) is 5.61. The van der Waals surface area contributed by atoms with E-state index in [1.807, 2.05) is 4.90 Å². The monoisotopic (exact) mass is 316 g/mol. The molecule has 1 saturated heterocycles. The Bertz CT molecular complexity index is 486. The third-order valence-corrected chi connectivity index (χ3v) is 3.81. The van der Waals surface area contributed by atoms with Crippen LogP contribution in [0, 0.1) is 11.2 Å². The molecule has 0 bridgehead atoms. The van der Waals surface area contributed by atoms with Crippen molar-refractivity contribution in [3.05, 3.63) is 30.1 Å². The molecule has 0 radical (unpaired) electrons. The first-order chi connectivity index (χ1) is 9.54. The van der Waals surface area contributed by atoms with Gasteiger partial charge in [0, 0.05) is 13.1 Å². The van der Waals surface area contributed by atoms with E-state index in [0.717, 1.165) is 13.0 Å². The fraction of sp³-hybridized carbons (Fsp3) is 0.533. The van der Waals surface area contributed by atoms with E-state index in [-0.39, 0.29) is 42.5 Å². The van der Waals surface area contributed by atoms with Crippen molar-refractivity contribution in [2.45, 2.75) is 19.8 Å². The van der Waals surface area contributed by atoms with Gasteiger partial charge in [0.05, 0.1) is 13.0 Å². The minimum Gasteiger partial charge on any atom is -0.490 e. The van der Waals surface area contributed by atoms with Gasteiger partial charge in [0.1, 0.15) is 0 Å². The molecule has 0 aromatic heterocycles. The van der Waals surface area contributed by atoms with Crippen LogP contribution >= 0.6 is 12.4 Å². The fourth-order valence-electron chi connectivity index (χ4n) is 2.37. The normalized spacial score (nSPS) is 21.0. The first-order valence-corrected chi connectivity index (χ1v) is 6.89. The smallest absolute Gasteiger partial charge is 0.226 e. The number of hydrogen-bond acceptors (Lipinski definition) is 3. The molecule has 1 atom stereocenters. The van der Waals surface area contributed by atoms with Gasteiger partial charge >= 0.3 is 0 Å². The molecule has 2 rings (SSSR count). The number of halogens is 2. The molecule has 1 unspecified atom stereocenters. The quantitative estimate of drug-likeness (QED) is 0.906. The van der Waals surface area contributed by atoms with Crippen molar-refractivity contribution < 1.29 is 13.9 Å². The zero-order chi connectivity index (χ0) is 14.6. The predicted molar refractivity (Wildman–Crippen MR) is 82.1 cm³/mol. The van der Waals surface area contributed by atoms with Crippen molar-refractivity contribution in [3.8, 4) is 5.75 Å². The Morgan fingerprint density at radius 2 is 2.19 bits per heavy atom. The van der Waals surface area contributed by atoms with Crippen LogP contribution in [0.1, 0.15) is 19.8 Å². The van der Waals surface area contributed by atoms with Crippen LogP contribution in [-0.2, 0) is 4.79 Å². The first kappa shape index (κ1) is 17.7. The number of carbonyl (C=O) groups is 1. The number of hydrogen-bond donors (Lipinski definition) is 1. The number of amides is 1. The number of nitrogens with two attached hydrogens (primary N) is 1. The Morgan fingerprint density at radius 1 is 1.48 bits per heavy atom. The van der Waals surface area contributed by atoms with E-state index in [4.69, 9.17) is 10.5 Å². The van der Waals surface area contributed by atoms with E-state index in [1.54, 1.807) is 18.2 Å². The van der Waals surface area contributed by atoms with Crippen molar-refractivity contribution in [2.24, 2.45) is 11.1 Å². The summed E-state index contributed by atoms with van der Waals surface area (Å²) in [6.07, 6.45) is 1.19. The SMILES string of the molecule is CC1(CN)CCN(C(=O)CCOc2ccccc2F)C1.Cl. The molecule has 1 aromatic carbocycles. The summed E-state index contributed by atoms with van der Waals surface area (Å²) in [7, 11) is 0. The predicted octanol–water partition coefficient (Wildman–Crippen LogP) is 2.21. The zero-order valence-electron chi connectivity index (χ0n) is 12.2. The van der Waals surface area contributed by atoms with Crippen molar-refractivity contribution >= 4 is 18.3 Å². The van der Waals surface area contributed by atoms with Crippen LogP contribution in [0.15, 0.2) is 24.3 Å². The van der Waals surface area contributed by atoms with Gasteiger partial charge in [0.2, 0.25) is 5.91 Å². The van der Waals surface area contributed by atoms with Crippen LogP contribution in [0.25, 0.3) is 0 Å². The van der Waals surface area contributed by atoms with Crippen molar-refractivity contribution in [2.75, 3.05) is 26.2 Å². The van der Waals surface area contributed by atoms with Gasteiger partial charge in [-0.15, -0.1) is 12.4 Å².